The van der Waals surface area contributed by atoms with E-state index in [0.717, 1.165) is 6.92 Å². The van der Waals surface area contributed by atoms with Crippen molar-refractivity contribution in [3.05, 3.63) is 0 Å². The molecule has 0 aliphatic heterocycles. The first kappa shape index (κ1) is 14.3. The summed E-state index contributed by atoms with van der Waals surface area (Å²) in [6, 6.07) is -0.498. The second kappa shape index (κ2) is 5.43. The summed E-state index contributed by atoms with van der Waals surface area (Å²) >= 11 is 0. The molecule has 0 rings (SSSR count). The zero-order chi connectivity index (χ0) is 12.2. The maximum absolute atomic E-state index is 11.4. The SMILES string of the molecule is CC(CO)C(C)NS(=O)(=O)C(C)C(=O)O. The van der Waals surface area contributed by atoms with Gasteiger partial charge in [0.1, 0.15) is 0 Å². The van der Waals surface area contributed by atoms with E-state index in [-0.39, 0.29) is 12.5 Å². The van der Waals surface area contributed by atoms with Gasteiger partial charge in [-0.25, -0.2) is 13.1 Å². The lowest BCUT2D eigenvalue weighted by Gasteiger charge is -2.20. The quantitative estimate of drug-likeness (QED) is 0.574. The molecule has 0 saturated heterocycles. The number of carboxylic acid groups (broad SMARTS) is 1. The molecule has 0 aliphatic carbocycles. The first-order valence-electron chi connectivity index (χ1n) is 4.57. The molecule has 3 N–H and O–H groups in total. The molecule has 3 atom stereocenters. The molecule has 90 valence electrons. The van der Waals surface area contributed by atoms with E-state index >= 15 is 0 Å². The number of nitrogens with one attached hydrogen (secondary N) is 1. The van der Waals surface area contributed by atoms with Gasteiger partial charge >= 0.3 is 5.97 Å². The van der Waals surface area contributed by atoms with E-state index in [1.54, 1.807) is 13.8 Å². The maximum Gasteiger partial charge on any atom is 0.323 e. The number of carbonyl (C=O) groups is 1. The third-order valence-electron chi connectivity index (χ3n) is 2.30. The third-order valence-corrected chi connectivity index (χ3v) is 4.14. The lowest BCUT2D eigenvalue weighted by atomic mass is 10.1. The van der Waals surface area contributed by atoms with Crippen LogP contribution in [-0.2, 0) is 14.8 Å². The van der Waals surface area contributed by atoms with Gasteiger partial charge in [0.15, 0.2) is 5.25 Å². The van der Waals surface area contributed by atoms with Gasteiger partial charge in [0.2, 0.25) is 10.0 Å². The van der Waals surface area contributed by atoms with Crippen LogP contribution in [0.2, 0.25) is 0 Å². The summed E-state index contributed by atoms with van der Waals surface area (Å²) in [5.41, 5.74) is 0. The van der Waals surface area contributed by atoms with Crippen LogP contribution in [0.1, 0.15) is 20.8 Å². The van der Waals surface area contributed by atoms with Crippen molar-refractivity contribution in [1.29, 1.82) is 0 Å². The number of aliphatic carboxylic acids is 1. The lowest BCUT2D eigenvalue weighted by molar-refractivity contribution is -0.136. The Hall–Kier alpha value is -0.660. The number of sulfonamides is 1. The minimum atomic E-state index is -3.87. The molecule has 0 fully saturated rings. The molecule has 6 nitrogen and oxygen atoms in total. The normalized spacial score (nSPS) is 18.1. The van der Waals surface area contributed by atoms with Crippen molar-refractivity contribution in [2.24, 2.45) is 5.92 Å². The molecule has 0 bridgehead atoms. The van der Waals surface area contributed by atoms with Crippen LogP contribution in [-0.4, -0.2) is 42.5 Å². The second-order valence-electron chi connectivity index (χ2n) is 3.59. The Morgan fingerprint density at radius 1 is 1.33 bits per heavy atom. The van der Waals surface area contributed by atoms with E-state index in [0.29, 0.717) is 0 Å². The molecule has 0 spiro atoms. The Balaban J connectivity index is 4.59. The predicted octanol–water partition coefficient (Wildman–Crippen LogP) is -0.604. The first-order chi connectivity index (χ1) is 6.72. The molecule has 0 radical (unpaired) electrons. The van der Waals surface area contributed by atoms with Crippen molar-refractivity contribution >= 4 is 16.0 Å². The Bertz CT molecular complexity index is 313. The molecule has 0 saturated carbocycles. The number of hydrogen-bond donors (Lipinski definition) is 3. The zero-order valence-electron chi connectivity index (χ0n) is 8.97. The minimum Gasteiger partial charge on any atom is -0.480 e. The Morgan fingerprint density at radius 3 is 2.13 bits per heavy atom. The van der Waals surface area contributed by atoms with Crippen LogP contribution in [0, 0.1) is 5.92 Å². The number of rotatable bonds is 6. The highest BCUT2D eigenvalue weighted by atomic mass is 32.2. The predicted molar refractivity (Wildman–Crippen MR) is 54.9 cm³/mol. The summed E-state index contributed by atoms with van der Waals surface area (Å²) in [6.07, 6.45) is 0. The molecule has 0 amide bonds. The largest absolute Gasteiger partial charge is 0.480 e. The van der Waals surface area contributed by atoms with Crippen LogP contribution >= 0.6 is 0 Å². The summed E-state index contributed by atoms with van der Waals surface area (Å²) in [5, 5.41) is 15.9. The van der Waals surface area contributed by atoms with Gasteiger partial charge in [-0.1, -0.05) is 6.92 Å². The highest BCUT2D eigenvalue weighted by Crippen LogP contribution is 2.06. The summed E-state index contributed by atoms with van der Waals surface area (Å²) in [4.78, 5) is 10.5. The smallest absolute Gasteiger partial charge is 0.323 e. The summed E-state index contributed by atoms with van der Waals surface area (Å²) in [6.45, 7) is 4.18. The van der Waals surface area contributed by atoms with Crippen molar-refractivity contribution in [3.63, 3.8) is 0 Å². The van der Waals surface area contributed by atoms with Gasteiger partial charge in [-0.2, -0.15) is 0 Å². The number of aliphatic hydroxyl groups excluding tert-OH is 1. The van der Waals surface area contributed by atoms with Gasteiger partial charge in [-0.15, -0.1) is 0 Å². The van der Waals surface area contributed by atoms with Crippen LogP contribution in [0.4, 0.5) is 0 Å². The Kier molecular flexibility index (Phi) is 5.19. The van der Waals surface area contributed by atoms with Gasteiger partial charge < -0.3 is 10.2 Å². The molecule has 0 heterocycles. The summed E-state index contributed by atoms with van der Waals surface area (Å²) in [5.74, 6) is -1.66. The lowest BCUT2D eigenvalue weighted by Crippen LogP contribution is -2.44. The summed E-state index contributed by atoms with van der Waals surface area (Å²) < 4.78 is 25.1. The standard InChI is InChI=1S/C8H17NO5S/c1-5(4-10)6(2)9-15(13,14)7(3)8(11)12/h5-7,9-10H,4H2,1-3H3,(H,11,12). The molecule has 0 aliphatic rings. The average Bonchev–Trinajstić information content (AvgIpc) is 2.14. The van der Waals surface area contributed by atoms with E-state index < -0.39 is 27.3 Å². The molecule has 0 aromatic rings. The number of carboxylic acids is 1. The highest BCUT2D eigenvalue weighted by molar-refractivity contribution is 7.90. The zero-order valence-corrected chi connectivity index (χ0v) is 9.78. The van der Waals surface area contributed by atoms with Gasteiger partial charge in [-0.05, 0) is 19.8 Å². The van der Waals surface area contributed by atoms with E-state index in [1.807, 2.05) is 0 Å². The number of aliphatic hydroxyl groups is 1. The molecule has 0 aromatic heterocycles. The van der Waals surface area contributed by atoms with Gasteiger partial charge in [0.05, 0.1) is 0 Å². The maximum atomic E-state index is 11.4. The van der Waals surface area contributed by atoms with Crippen LogP contribution < -0.4 is 4.72 Å². The van der Waals surface area contributed by atoms with Crippen molar-refractivity contribution in [3.8, 4) is 0 Å². The molecular weight excluding hydrogens is 222 g/mol. The van der Waals surface area contributed by atoms with Crippen molar-refractivity contribution in [2.45, 2.75) is 32.1 Å². The van der Waals surface area contributed by atoms with Crippen molar-refractivity contribution < 1.29 is 23.4 Å². The fraction of sp³-hybridized carbons (Fsp3) is 0.875. The van der Waals surface area contributed by atoms with Crippen LogP contribution in [0.25, 0.3) is 0 Å². The monoisotopic (exact) mass is 239 g/mol. The van der Waals surface area contributed by atoms with Gasteiger partial charge in [0, 0.05) is 12.6 Å². The first-order valence-corrected chi connectivity index (χ1v) is 6.11. The van der Waals surface area contributed by atoms with E-state index in [4.69, 9.17) is 10.2 Å². The van der Waals surface area contributed by atoms with E-state index in [1.165, 1.54) is 0 Å². The molecule has 0 aromatic carbocycles. The average molecular weight is 239 g/mol. The van der Waals surface area contributed by atoms with Crippen LogP contribution in [0.3, 0.4) is 0 Å². The minimum absolute atomic E-state index is 0.162. The molecule has 15 heavy (non-hydrogen) atoms. The topological polar surface area (TPSA) is 104 Å². The Morgan fingerprint density at radius 2 is 1.80 bits per heavy atom. The van der Waals surface area contributed by atoms with E-state index in [2.05, 4.69) is 4.72 Å². The van der Waals surface area contributed by atoms with Gasteiger partial charge in [-0.3, -0.25) is 4.79 Å². The van der Waals surface area contributed by atoms with E-state index in [9.17, 15) is 13.2 Å². The number of hydrogen-bond acceptors (Lipinski definition) is 4. The molecule has 3 unspecified atom stereocenters. The fourth-order valence-electron chi connectivity index (χ4n) is 0.768. The summed E-state index contributed by atoms with van der Waals surface area (Å²) in [7, 11) is -3.87. The third kappa shape index (κ3) is 4.15. The molecular formula is C8H17NO5S. The fourth-order valence-corrected chi connectivity index (χ4v) is 1.99. The Labute approximate surface area is 89.4 Å². The van der Waals surface area contributed by atoms with Crippen LogP contribution in [0.15, 0.2) is 0 Å². The van der Waals surface area contributed by atoms with Gasteiger partial charge in [0.25, 0.3) is 0 Å². The van der Waals surface area contributed by atoms with Crippen molar-refractivity contribution in [1.82, 2.24) is 4.72 Å². The van der Waals surface area contributed by atoms with Crippen LogP contribution in [0.5, 0.6) is 0 Å². The molecule has 7 heteroatoms. The van der Waals surface area contributed by atoms with Crippen molar-refractivity contribution in [2.75, 3.05) is 6.61 Å². The highest BCUT2D eigenvalue weighted by Gasteiger charge is 2.29. The second-order valence-corrected chi connectivity index (χ2v) is 5.62.